The maximum absolute atomic E-state index is 6.23. The molecule has 3 aromatic rings. The number of nitrogens with one attached hydrogen (secondary N) is 1. The SMILES string of the molecule is Cc1ccc(NCc2cc(Cl)ccc2OCc2c(Cl)cccc2Cl)cc1C. The zero-order chi connectivity index (χ0) is 19.4. The molecule has 0 bridgehead atoms. The van der Waals surface area contributed by atoms with E-state index in [0.29, 0.717) is 21.6 Å². The highest BCUT2D eigenvalue weighted by atomic mass is 35.5. The van der Waals surface area contributed by atoms with Gasteiger partial charge in [-0.1, -0.05) is 46.9 Å². The Labute approximate surface area is 175 Å². The summed E-state index contributed by atoms with van der Waals surface area (Å²) in [5.74, 6) is 0.742. The molecule has 0 aliphatic carbocycles. The van der Waals surface area contributed by atoms with Crippen LogP contribution in [0.3, 0.4) is 0 Å². The quantitative estimate of drug-likeness (QED) is 0.447. The van der Waals surface area contributed by atoms with E-state index in [1.165, 1.54) is 11.1 Å². The molecule has 0 amide bonds. The van der Waals surface area contributed by atoms with Gasteiger partial charge in [0.15, 0.2) is 0 Å². The van der Waals surface area contributed by atoms with Gasteiger partial charge in [-0.05, 0) is 67.4 Å². The van der Waals surface area contributed by atoms with Crippen molar-refractivity contribution in [3.05, 3.63) is 91.9 Å². The van der Waals surface area contributed by atoms with Gasteiger partial charge >= 0.3 is 0 Å². The molecule has 5 heteroatoms. The fourth-order valence-electron chi connectivity index (χ4n) is 2.70. The third-order valence-corrected chi connectivity index (χ3v) is 5.39. The normalized spacial score (nSPS) is 10.7. The first-order valence-electron chi connectivity index (χ1n) is 8.59. The lowest BCUT2D eigenvalue weighted by Gasteiger charge is -2.15. The lowest BCUT2D eigenvalue weighted by molar-refractivity contribution is 0.303. The maximum atomic E-state index is 6.23. The highest BCUT2D eigenvalue weighted by Crippen LogP contribution is 2.29. The summed E-state index contributed by atoms with van der Waals surface area (Å²) in [5.41, 5.74) is 5.30. The van der Waals surface area contributed by atoms with Crippen molar-refractivity contribution in [1.82, 2.24) is 0 Å². The zero-order valence-electron chi connectivity index (χ0n) is 15.2. The number of rotatable bonds is 6. The Balaban J connectivity index is 1.75. The largest absolute Gasteiger partial charge is 0.488 e. The van der Waals surface area contributed by atoms with E-state index in [2.05, 4.69) is 37.4 Å². The smallest absolute Gasteiger partial charge is 0.124 e. The third kappa shape index (κ3) is 5.10. The first-order chi connectivity index (χ1) is 12.9. The Morgan fingerprint density at radius 2 is 1.59 bits per heavy atom. The molecule has 140 valence electrons. The molecule has 3 aromatic carbocycles. The Hall–Kier alpha value is -1.87. The van der Waals surface area contributed by atoms with Gasteiger partial charge in [-0.3, -0.25) is 0 Å². The van der Waals surface area contributed by atoms with Crippen LogP contribution in [-0.4, -0.2) is 0 Å². The van der Waals surface area contributed by atoms with Crippen LogP contribution in [0.15, 0.2) is 54.6 Å². The molecule has 0 radical (unpaired) electrons. The molecular weight excluding hydrogens is 401 g/mol. The molecular formula is C22H20Cl3NO. The molecule has 0 aliphatic rings. The Kier molecular flexibility index (Phi) is 6.54. The Bertz CT molecular complexity index is 936. The van der Waals surface area contributed by atoms with E-state index < -0.39 is 0 Å². The summed E-state index contributed by atoms with van der Waals surface area (Å²) in [5, 5.41) is 5.27. The van der Waals surface area contributed by atoms with Crippen LogP contribution in [0.25, 0.3) is 0 Å². The fraction of sp³-hybridized carbons (Fsp3) is 0.182. The molecule has 0 spiro atoms. The van der Waals surface area contributed by atoms with E-state index in [4.69, 9.17) is 39.5 Å². The van der Waals surface area contributed by atoms with E-state index in [1.807, 2.05) is 24.3 Å². The van der Waals surface area contributed by atoms with Crippen LogP contribution in [0.2, 0.25) is 15.1 Å². The summed E-state index contributed by atoms with van der Waals surface area (Å²) >= 11 is 18.6. The molecule has 1 N–H and O–H groups in total. The average Bonchev–Trinajstić information content (AvgIpc) is 2.63. The number of hydrogen-bond acceptors (Lipinski definition) is 2. The lowest BCUT2D eigenvalue weighted by atomic mass is 10.1. The molecule has 0 atom stereocenters. The summed E-state index contributed by atoms with van der Waals surface area (Å²) < 4.78 is 6.00. The molecule has 27 heavy (non-hydrogen) atoms. The Morgan fingerprint density at radius 1 is 0.852 bits per heavy atom. The second kappa shape index (κ2) is 8.88. The first-order valence-corrected chi connectivity index (χ1v) is 9.72. The summed E-state index contributed by atoms with van der Waals surface area (Å²) in [7, 11) is 0. The highest BCUT2D eigenvalue weighted by Gasteiger charge is 2.10. The standard InChI is InChI=1S/C22H20Cl3NO/c1-14-6-8-18(10-15(14)2)26-12-16-11-17(23)7-9-22(16)27-13-19-20(24)4-3-5-21(19)25/h3-11,26H,12-13H2,1-2H3. The zero-order valence-corrected chi connectivity index (χ0v) is 17.4. The maximum Gasteiger partial charge on any atom is 0.124 e. The molecule has 0 aromatic heterocycles. The van der Waals surface area contributed by atoms with Crippen molar-refractivity contribution in [2.45, 2.75) is 27.0 Å². The van der Waals surface area contributed by atoms with Gasteiger partial charge < -0.3 is 10.1 Å². The van der Waals surface area contributed by atoms with Gasteiger partial charge in [0.05, 0.1) is 0 Å². The van der Waals surface area contributed by atoms with Crippen molar-refractivity contribution in [3.8, 4) is 5.75 Å². The molecule has 0 saturated heterocycles. The number of halogens is 3. The minimum atomic E-state index is 0.288. The lowest BCUT2D eigenvalue weighted by Crippen LogP contribution is -2.04. The van der Waals surface area contributed by atoms with E-state index in [1.54, 1.807) is 12.1 Å². The number of aryl methyl sites for hydroxylation is 2. The van der Waals surface area contributed by atoms with Gasteiger partial charge in [0.1, 0.15) is 12.4 Å². The molecule has 3 rings (SSSR count). The van der Waals surface area contributed by atoms with Crippen LogP contribution in [0.1, 0.15) is 22.3 Å². The van der Waals surface area contributed by atoms with Gasteiger partial charge in [-0.2, -0.15) is 0 Å². The van der Waals surface area contributed by atoms with Gasteiger partial charge in [-0.25, -0.2) is 0 Å². The predicted molar refractivity (Wildman–Crippen MR) is 115 cm³/mol. The molecule has 0 aliphatic heterocycles. The van der Waals surface area contributed by atoms with Crippen LogP contribution in [-0.2, 0) is 13.2 Å². The van der Waals surface area contributed by atoms with Crippen molar-refractivity contribution >= 4 is 40.5 Å². The van der Waals surface area contributed by atoms with E-state index in [-0.39, 0.29) is 6.61 Å². The molecule has 0 unspecified atom stereocenters. The second-order valence-electron chi connectivity index (χ2n) is 6.39. The minimum absolute atomic E-state index is 0.288. The summed E-state index contributed by atoms with van der Waals surface area (Å²) in [6, 6.07) is 17.3. The van der Waals surface area contributed by atoms with Gasteiger partial charge in [0, 0.05) is 38.4 Å². The van der Waals surface area contributed by atoms with Crippen LogP contribution >= 0.6 is 34.8 Å². The number of benzene rings is 3. The van der Waals surface area contributed by atoms with Crippen molar-refractivity contribution in [3.63, 3.8) is 0 Å². The highest BCUT2D eigenvalue weighted by molar-refractivity contribution is 6.36. The van der Waals surface area contributed by atoms with E-state index >= 15 is 0 Å². The van der Waals surface area contributed by atoms with Gasteiger partial charge in [0.2, 0.25) is 0 Å². The van der Waals surface area contributed by atoms with Crippen LogP contribution in [0, 0.1) is 13.8 Å². The van der Waals surface area contributed by atoms with Crippen molar-refractivity contribution < 1.29 is 4.74 Å². The van der Waals surface area contributed by atoms with Crippen molar-refractivity contribution in [2.75, 3.05) is 5.32 Å². The minimum Gasteiger partial charge on any atom is -0.488 e. The topological polar surface area (TPSA) is 21.3 Å². The predicted octanol–water partition coefficient (Wildman–Crippen LogP) is 7.45. The van der Waals surface area contributed by atoms with Crippen LogP contribution < -0.4 is 10.1 Å². The third-order valence-electron chi connectivity index (χ3n) is 4.45. The first kappa shape index (κ1) is 19.9. The van der Waals surface area contributed by atoms with Gasteiger partial charge in [0.25, 0.3) is 0 Å². The number of ether oxygens (including phenoxy) is 1. The number of anilines is 1. The second-order valence-corrected chi connectivity index (χ2v) is 7.64. The molecule has 0 saturated carbocycles. The average molecular weight is 421 g/mol. The molecule has 2 nitrogen and oxygen atoms in total. The molecule has 0 fully saturated rings. The van der Waals surface area contributed by atoms with Crippen LogP contribution in [0.5, 0.6) is 5.75 Å². The summed E-state index contributed by atoms with van der Waals surface area (Å²) in [6.45, 7) is 5.08. The molecule has 0 heterocycles. The number of hydrogen-bond donors (Lipinski definition) is 1. The summed E-state index contributed by atoms with van der Waals surface area (Å²) in [6.07, 6.45) is 0. The van der Waals surface area contributed by atoms with Crippen LogP contribution in [0.4, 0.5) is 5.69 Å². The summed E-state index contributed by atoms with van der Waals surface area (Å²) in [4.78, 5) is 0. The van der Waals surface area contributed by atoms with Crippen molar-refractivity contribution in [2.24, 2.45) is 0 Å². The fourth-order valence-corrected chi connectivity index (χ4v) is 3.40. The Morgan fingerprint density at radius 3 is 2.30 bits per heavy atom. The monoisotopic (exact) mass is 419 g/mol. The van der Waals surface area contributed by atoms with Gasteiger partial charge in [-0.15, -0.1) is 0 Å². The van der Waals surface area contributed by atoms with E-state index in [9.17, 15) is 0 Å². The van der Waals surface area contributed by atoms with Crippen molar-refractivity contribution in [1.29, 1.82) is 0 Å². The van der Waals surface area contributed by atoms with E-state index in [0.717, 1.165) is 22.6 Å².